The molecule has 0 aliphatic carbocycles. The van der Waals surface area contributed by atoms with Gasteiger partial charge >= 0.3 is 5.97 Å². The lowest BCUT2D eigenvalue weighted by molar-refractivity contribution is -0.139. The van der Waals surface area contributed by atoms with E-state index in [1.165, 1.54) is 0 Å². The quantitative estimate of drug-likeness (QED) is 0.313. The number of rotatable bonds is 9. The van der Waals surface area contributed by atoms with E-state index in [1.807, 2.05) is 67.7 Å². The summed E-state index contributed by atoms with van der Waals surface area (Å²) in [5.41, 5.74) is 3.39. The fraction of sp³-hybridized carbons (Fsp3) is 0.333. The molecule has 0 atom stereocenters. The van der Waals surface area contributed by atoms with E-state index in [0.29, 0.717) is 24.7 Å². The number of benzene rings is 2. The van der Waals surface area contributed by atoms with E-state index < -0.39 is 0 Å². The van der Waals surface area contributed by atoms with Crippen molar-refractivity contribution in [2.24, 2.45) is 10.9 Å². The minimum atomic E-state index is -0.266. The Bertz CT molecular complexity index is 803. The summed E-state index contributed by atoms with van der Waals surface area (Å²) in [6.45, 7) is 9.07. The number of nitrogens with zero attached hydrogens (tertiary/aromatic N) is 1. The van der Waals surface area contributed by atoms with Crippen LogP contribution in [0.4, 0.5) is 5.69 Å². The highest BCUT2D eigenvalue weighted by molar-refractivity contribution is 5.93. The number of hydrogen-bond acceptors (Lipinski definition) is 4. The van der Waals surface area contributed by atoms with Crippen LogP contribution in [0.3, 0.4) is 0 Å². The Morgan fingerprint density at radius 2 is 1.68 bits per heavy atom. The maximum absolute atomic E-state index is 12.0. The van der Waals surface area contributed by atoms with Crippen LogP contribution in [-0.2, 0) is 9.53 Å². The summed E-state index contributed by atoms with van der Waals surface area (Å²) in [4.78, 5) is 16.5. The van der Waals surface area contributed by atoms with Crippen LogP contribution >= 0.6 is 0 Å². The average Bonchev–Trinajstić information content (AvgIpc) is 2.68. The van der Waals surface area contributed by atoms with E-state index in [1.54, 1.807) is 6.92 Å². The van der Waals surface area contributed by atoms with E-state index in [2.05, 4.69) is 18.8 Å². The summed E-state index contributed by atoms with van der Waals surface area (Å²) >= 11 is 0. The SMILES string of the molecule is CCOc1ccc(C=Nc2ccc(/C=C(\C)C(=O)OCCC(C)C)cc2)cc1. The van der Waals surface area contributed by atoms with Crippen molar-refractivity contribution in [3.05, 3.63) is 65.2 Å². The molecule has 2 aromatic rings. The third-order valence-electron chi connectivity index (χ3n) is 4.08. The number of carbonyl (C=O) groups excluding carboxylic acids is 1. The van der Waals surface area contributed by atoms with Crippen molar-refractivity contribution in [3.63, 3.8) is 0 Å². The molecular formula is C24H29NO3. The maximum Gasteiger partial charge on any atom is 0.333 e. The second kappa shape index (κ2) is 11.1. The van der Waals surface area contributed by atoms with Crippen LogP contribution in [0.25, 0.3) is 6.08 Å². The van der Waals surface area contributed by atoms with Crippen molar-refractivity contribution in [1.29, 1.82) is 0 Å². The Balaban J connectivity index is 1.94. The van der Waals surface area contributed by atoms with Gasteiger partial charge in [0.1, 0.15) is 5.75 Å². The van der Waals surface area contributed by atoms with Crippen molar-refractivity contribution in [3.8, 4) is 5.75 Å². The molecule has 2 aromatic carbocycles. The predicted molar refractivity (Wildman–Crippen MR) is 115 cm³/mol. The summed E-state index contributed by atoms with van der Waals surface area (Å²) in [6, 6.07) is 15.5. The van der Waals surface area contributed by atoms with E-state index in [-0.39, 0.29) is 5.97 Å². The van der Waals surface area contributed by atoms with Gasteiger partial charge in [0.15, 0.2) is 0 Å². The van der Waals surface area contributed by atoms with Gasteiger partial charge in [-0.15, -0.1) is 0 Å². The van der Waals surface area contributed by atoms with Crippen molar-refractivity contribution in [1.82, 2.24) is 0 Å². The van der Waals surface area contributed by atoms with Crippen LogP contribution in [-0.4, -0.2) is 25.4 Å². The molecule has 0 aromatic heterocycles. The Morgan fingerprint density at radius 3 is 2.29 bits per heavy atom. The molecule has 0 spiro atoms. The van der Waals surface area contributed by atoms with Gasteiger partial charge in [-0.1, -0.05) is 26.0 Å². The normalized spacial score (nSPS) is 11.8. The fourth-order valence-electron chi connectivity index (χ4n) is 2.43. The van der Waals surface area contributed by atoms with Gasteiger partial charge in [-0.25, -0.2) is 4.79 Å². The number of aliphatic imine (C=N–C) groups is 1. The zero-order chi connectivity index (χ0) is 20.4. The van der Waals surface area contributed by atoms with Gasteiger partial charge in [-0.2, -0.15) is 0 Å². The highest BCUT2D eigenvalue weighted by atomic mass is 16.5. The van der Waals surface area contributed by atoms with Gasteiger partial charge < -0.3 is 9.47 Å². The lowest BCUT2D eigenvalue weighted by Crippen LogP contribution is -2.08. The van der Waals surface area contributed by atoms with Crippen LogP contribution in [0.15, 0.2) is 59.1 Å². The molecule has 4 heteroatoms. The van der Waals surface area contributed by atoms with E-state index in [9.17, 15) is 4.79 Å². The zero-order valence-corrected chi connectivity index (χ0v) is 17.1. The summed E-state index contributed by atoms with van der Waals surface area (Å²) in [6.07, 6.45) is 4.52. The molecule has 0 radical (unpaired) electrons. The number of esters is 1. The average molecular weight is 380 g/mol. The molecule has 0 saturated heterocycles. The molecule has 2 rings (SSSR count). The first-order valence-electron chi connectivity index (χ1n) is 9.70. The number of carbonyl (C=O) groups is 1. The minimum absolute atomic E-state index is 0.266. The lowest BCUT2D eigenvalue weighted by atomic mass is 10.1. The molecule has 0 heterocycles. The molecule has 0 amide bonds. The third-order valence-corrected chi connectivity index (χ3v) is 4.08. The second-order valence-electron chi connectivity index (χ2n) is 7.00. The standard InChI is InChI=1S/C24H29NO3/c1-5-27-23-12-8-21(9-13-23)17-25-22-10-6-20(7-11-22)16-19(4)24(26)28-15-14-18(2)3/h6-13,16-18H,5,14-15H2,1-4H3/b19-16+,25-17?. The van der Waals surface area contributed by atoms with Crippen LogP contribution < -0.4 is 4.74 Å². The van der Waals surface area contributed by atoms with Crippen LogP contribution in [0.5, 0.6) is 5.75 Å². The number of ether oxygens (including phenoxy) is 2. The fourth-order valence-corrected chi connectivity index (χ4v) is 2.43. The largest absolute Gasteiger partial charge is 0.494 e. The van der Waals surface area contributed by atoms with Crippen molar-refractivity contribution >= 4 is 23.9 Å². The third kappa shape index (κ3) is 7.39. The van der Waals surface area contributed by atoms with Gasteiger partial charge in [0.25, 0.3) is 0 Å². The predicted octanol–water partition coefficient (Wildman–Crippen LogP) is 5.83. The van der Waals surface area contributed by atoms with Gasteiger partial charge in [0, 0.05) is 11.8 Å². The van der Waals surface area contributed by atoms with Crippen LogP contribution in [0.2, 0.25) is 0 Å². The van der Waals surface area contributed by atoms with Crippen molar-refractivity contribution < 1.29 is 14.3 Å². The van der Waals surface area contributed by atoms with Gasteiger partial charge in [-0.3, -0.25) is 4.99 Å². The topological polar surface area (TPSA) is 47.9 Å². The first-order chi connectivity index (χ1) is 13.5. The minimum Gasteiger partial charge on any atom is -0.494 e. The maximum atomic E-state index is 12.0. The molecule has 4 nitrogen and oxygen atoms in total. The lowest BCUT2D eigenvalue weighted by Gasteiger charge is -2.07. The summed E-state index contributed by atoms with van der Waals surface area (Å²) in [7, 11) is 0. The Hall–Kier alpha value is -2.88. The molecule has 0 saturated carbocycles. The monoisotopic (exact) mass is 379 g/mol. The molecule has 28 heavy (non-hydrogen) atoms. The van der Waals surface area contributed by atoms with Crippen molar-refractivity contribution in [2.45, 2.75) is 34.1 Å². The van der Waals surface area contributed by atoms with Gasteiger partial charge in [0.05, 0.1) is 18.9 Å². The van der Waals surface area contributed by atoms with Crippen LogP contribution in [0, 0.1) is 5.92 Å². The second-order valence-corrected chi connectivity index (χ2v) is 7.00. The molecule has 0 unspecified atom stereocenters. The summed E-state index contributed by atoms with van der Waals surface area (Å²) in [5.74, 6) is 1.11. The molecule has 148 valence electrons. The van der Waals surface area contributed by atoms with E-state index in [4.69, 9.17) is 9.47 Å². The first-order valence-corrected chi connectivity index (χ1v) is 9.70. The summed E-state index contributed by atoms with van der Waals surface area (Å²) in [5, 5.41) is 0. The van der Waals surface area contributed by atoms with Gasteiger partial charge in [-0.05, 0) is 79.8 Å². The molecule has 0 aliphatic rings. The molecular weight excluding hydrogens is 350 g/mol. The first kappa shape index (κ1) is 21.4. The zero-order valence-electron chi connectivity index (χ0n) is 17.1. The smallest absolute Gasteiger partial charge is 0.333 e. The summed E-state index contributed by atoms with van der Waals surface area (Å²) < 4.78 is 10.7. The molecule has 0 fully saturated rings. The highest BCUT2D eigenvalue weighted by Crippen LogP contribution is 2.17. The molecule has 0 N–H and O–H groups in total. The molecule has 0 bridgehead atoms. The van der Waals surface area contributed by atoms with Crippen LogP contribution in [0.1, 0.15) is 45.2 Å². The highest BCUT2D eigenvalue weighted by Gasteiger charge is 2.06. The number of hydrogen-bond donors (Lipinski definition) is 0. The van der Waals surface area contributed by atoms with Crippen molar-refractivity contribution in [2.75, 3.05) is 13.2 Å². The Labute approximate surface area is 167 Å². The van der Waals surface area contributed by atoms with Gasteiger partial charge in [0.2, 0.25) is 0 Å². The van der Waals surface area contributed by atoms with E-state index >= 15 is 0 Å². The molecule has 0 aliphatic heterocycles. The Morgan fingerprint density at radius 1 is 1.04 bits per heavy atom. The van der Waals surface area contributed by atoms with E-state index in [0.717, 1.165) is 29.0 Å². The Kier molecular flexibility index (Phi) is 8.47.